The third-order valence-corrected chi connectivity index (χ3v) is 2.46. The summed E-state index contributed by atoms with van der Waals surface area (Å²) in [6.07, 6.45) is 3.87. The quantitative estimate of drug-likeness (QED) is 0.479. The third kappa shape index (κ3) is 8.98. The minimum atomic E-state index is -0.751. The molecule has 0 aliphatic carbocycles. The lowest BCUT2D eigenvalue weighted by Gasteiger charge is -2.15. The maximum absolute atomic E-state index is 11.4. The number of aliphatic hydroxyl groups excluding tert-OH is 1. The van der Waals surface area contributed by atoms with E-state index in [0.717, 1.165) is 25.7 Å². The molecule has 0 heterocycles. The van der Waals surface area contributed by atoms with Crippen molar-refractivity contribution in [1.82, 2.24) is 0 Å². The second-order valence-electron chi connectivity index (χ2n) is 4.14. The Labute approximate surface area is 108 Å². The fourth-order valence-electron chi connectivity index (χ4n) is 1.35. The zero-order valence-electron chi connectivity index (χ0n) is 11.3. The van der Waals surface area contributed by atoms with Crippen molar-refractivity contribution in [1.29, 1.82) is 0 Å². The molecule has 0 aromatic rings. The van der Waals surface area contributed by atoms with Crippen LogP contribution in [0.15, 0.2) is 0 Å². The van der Waals surface area contributed by atoms with Crippen molar-refractivity contribution in [3.63, 3.8) is 0 Å². The first-order chi connectivity index (χ1) is 8.63. The maximum Gasteiger partial charge on any atom is 0.306 e. The van der Waals surface area contributed by atoms with Crippen molar-refractivity contribution >= 4 is 11.9 Å². The molecule has 0 radical (unpaired) electrons. The van der Waals surface area contributed by atoms with Gasteiger partial charge in [-0.25, -0.2) is 0 Å². The van der Waals surface area contributed by atoms with E-state index >= 15 is 0 Å². The summed E-state index contributed by atoms with van der Waals surface area (Å²) in [5.41, 5.74) is 0. The summed E-state index contributed by atoms with van der Waals surface area (Å²) in [6, 6.07) is 0. The van der Waals surface area contributed by atoms with E-state index in [1.54, 1.807) is 6.92 Å². The number of hydrogen-bond donors (Lipinski definition) is 1. The van der Waals surface area contributed by atoms with Gasteiger partial charge in [0.15, 0.2) is 6.10 Å². The van der Waals surface area contributed by atoms with Gasteiger partial charge in [0, 0.05) is 12.8 Å². The minimum absolute atomic E-state index is 0.0795. The third-order valence-electron chi connectivity index (χ3n) is 2.46. The van der Waals surface area contributed by atoms with Crippen LogP contribution in [-0.4, -0.2) is 36.4 Å². The molecule has 0 aromatic heterocycles. The summed E-state index contributed by atoms with van der Waals surface area (Å²) < 4.78 is 9.82. The van der Waals surface area contributed by atoms with Gasteiger partial charge in [0.25, 0.3) is 0 Å². The molecule has 1 atom stereocenters. The maximum atomic E-state index is 11.4. The molecule has 0 amide bonds. The molecule has 0 aliphatic heterocycles. The smallest absolute Gasteiger partial charge is 0.306 e. The number of aliphatic hydroxyl groups is 1. The van der Waals surface area contributed by atoms with Gasteiger partial charge in [-0.3, -0.25) is 9.59 Å². The highest BCUT2D eigenvalue weighted by molar-refractivity contribution is 5.70. The highest BCUT2D eigenvalue weighted by atomic mass is 16.6. The van der Waals surface area contributed by atoms with Crippen molar-refractivity contribution in [3.8, 4) is 0 Å². The van der Waals surface area contributed by atoms with E-state index in [1.807, 2.05) is 0 Å². The van der Waals surface area contributed by atoms with Crippen LogP contribution >= 0.6 is 0 Å². The fraction of sp³-hybridized carbons (Fsp3) is 0.846. The molecule has 0 rings (SSSR count). The van der Waals surface area contributed by atoms with Crippen LogP contribution in [0.5, 0.6) is 0 Å². The van der Waals surface area contributed by atoms with Crippen LogP contribution in [0.3, 0.4) is 0 Å². The molecular weight excluding hydrogens is 236 g/mol. The van der Waals surface area contributed by atoms with Crippen molar-refractivity contribution in [2.45, 2.75) is 58.5 Å². The number of ether oxygens (including phenoxy) is 2. The highest BCUT2D eigenvalue weighted by Crippen LogP contribution is 2.05. The summed E-state index contributed by atoms with van der Waals surface area (Å²) in [4.78, 5) is 22.3. The van der Waals surface area contributed by atoms with Crippen LogP contribution in [0.4, 0.5) is 0 Å². The van der Waals surface area contributed by atoms with E-state index in [4.69, 9.17) is 14.6 Å². The average molecular weight is 260 g/mol. The van der Waals surface area contributed by atoms with Gasteiger partial charge in [-0.2, -0.15) is 0 Å². The summed E-state index contributed by atoms with van der Waals surface area (Å²) >= 11 is 0. The van der Waals surface area contributed by atoms with Crippen LogP contribution in [0.25, 0.3) is 0 Å². The van der Waals surface area contributed by atoms with Crippen LogP contribution in [0, 0.1) is 0 Å². The Morgan fingerprint density at radius 3 is 2.39 bits per heavy atom. The fourth-order valence-corrected chi connectivity index (χ4v) is 1.35. The Bertz CT molecular complexity index is 240. The normalized spacial score (nSPS) is 11.9. The van der Waals surface area contributed by atoms with Gasteiger partial charge in [-0.15, -0.1) is 0 Å². The molecule has 18 heavy (non-hydrogen) atoms. The van der Waals surface area contributed by atoms with Crippen molar-refractivity contribution in [2.24, 2.45) is 0 Å². The lowest BCUT2D eigenvalue weighted by Crippen LogP contribution is -2.28. The number of unbranched alkanes of at least 4 members (excludes halogenated alkanes) is 3. The number of rotatable bonds is 10. The van der Waals surface area contributed by atoms with Crippen molar-refractivity contribution in [2.75, 3.05) is 13.2 Å². The molecule has 5 heteroatoms. The van der Waals surface area contributed by atoms with Gasteiger partial charge >= 0.3 is 11.9 Å². The zero-order valence-corrected chi connectivity index (χ0v) is 11.3. The zero-order chi connectivity index (χ0) is 13.8. The molecule has 0 bridgehead atoms. The predicted octanol–water partition coefficient (Wildman–Crippen LogP) is 1.81. The van der Waals surface area contributed by atoms with Crippen LogP contribution in [-0.2, 0) is 19.1 Å². The van der Waals surface area contributed by atoms with Crippen LogP contribution in [0.1, 0.15) is 52.4 Å². The van der Waals surface area contributed by atoms with Gasteiger partial charge in [-0.05, 0) is 6.42 Å². The van der Waals surface area contributed by atoms with E-state index < -0.39 is 6.10 Å². The number of carbonyl (C=O) groups is 2. The highest BCUT2D eigenvalue weighted by Gasteiger charge is 2.15. The molecule has 0 fully saturated rings. The van der Waals surface area contributed by atoms with E-state index in [0.29, 0.717) is 6.42 Å². The van der Waals surface area contributed by atoms with E-state index in [1.165, 1.54) is 0 Å². The molecule has 0 saturated heterocycles. The Morgan fingerprint density at radius 1 is 1.11 bits per heavy atom. The molecule has 0 spiro atoms. The van der Waals surface area contributed by atoms with Gasteiger partial charge in [0.05, 0.1) is 6.61 Å². The van der Waals surface area contributed by atoms with E-state index in [2.05, 4.69) is 6.92 Å². The lowest BCUT2D eigenvalue weighted by molar-refractivity contribution is -0.161. The molecule has 1 N–H and O–H groups in total. The summed E-state index contributed by atoms with van der Waals surface area (Å²) in [6.45, 7) is 3.36. The molecule has 5 nitrogen and oxygen atoms in total. The topological polar surface area (TPSA) is 72.8 Å². The van der Waals surface area contributed by atoms with Crippen LogP contribution < -0.4 is 0 Å². The van der Waals surface area contributed by atoms with Crippen LogP contribution in [0.2, 0.25) is 0 Å². The average Bonchev–Trinajstić information content (AvgIpc) is 2.39. The summed E-state index contributed by atoms with van der Waals surface area (Å²) in [5, 5.41) is 9.00. The van der Waals surface area contributed by atoms with Crippen molar-refractivity contribution < 1.29 is 24.2 Å². The first-order valence-electron chi connectivity index (χ1n) is 6.59. The first-order valence-corrected chi connectivity index (χ1v) is 6.59. The molecule has 1 unspecified atom stereocenters. The Hall–Kier alpha value is -1.10. The van der Waals surface area contributed by atoms with Gasteiger partial charge < -0.3 is 14.6 Å². The molecule has 0 aliphatic rings. The summed E-state index contributed by atoms with van der Waals surface area (Å²) in [7, 11) is 0. The second-order valence-corrected chi connectivity index (χ2v) is 4.14. The largest absolute Gasteiger partial charge is 0.462 e. The number of carbonyl (C=O) groups excluding carboxylic acids is 2. The summed E-state index contributed by atoms with van der Waals surface area (Å²) in [5.74, 6) is -0.717. The number of esters is 2. The van der Waals surface area contributed by atoms with E-state index in [-0.39, 0.29) is 31.6 Å². The molecule has 0 saturated carbocycles. The number of hydrogen-bond acceptors (Lipinski definition) is 5. The molecular formula is C13H24O5. The Morgan fingerprint density at radius 2 is 1.83 bits per heavy atom. The predicted molar refractivity (Wildman–Crippen MR) is 67.0 cm³/mol. The monoisotopic (exact) mass is 260 g/mol. The SMILES string of the molecule is CCCCCCC(=O)OC(CO)COC(=O)CC. The van der Waals surface area contributed by atoms with E-state index in [9.17, 15) is 9.59 Å². The van der Waals surface area contributed by atoms with Gasteiger partial charge in [-0.1, -0.05) is 33.1 Å². The van der Waals surface area contributed by atoms with Crippen molar-refractivity contribution in [3.05, 3.63) is 0 Å². The minimum Gasteiger partial charge on any atom is -0.462 e. The molecule has 106 valence electrons. The second kappa shape index (κ2) is 11.0. The molecule has 0 aromatic carbocycles. The standard InChI is InChI=1S/C13H24O5/c1-3-5-6-7-8-13(16)18-11(9-14)10-17-12(15)4-2/h11,14H,3-10H2,1-2H3. The lowest BCUT2D eigenvalue weighted by atomic mass is 10.1. The Balaban J connectivity index is 3.75. The van der Waals surface area contributed by atoms with Gasteiger partial charge in [0.2, 0.25) is 0 Å². The first kappa shape index (κ1) is 16.9. The van der Waals surface area contributed by atoms with Gasteiger partial charge in [0.1, 0.15) is 6.61 Å². The Kier molecular flexibility index (Phi) is 10.3.